The van der Waals surface area contributed by atoms with Crippen molar-refractivity contribution in [3.8, 4) is 0 Å². The number of ether oxygens (including phenoxy) is 1. The van der Waals surface area contributed by atoms with Gasteiger partial charge in [0, 0.05) is 59.9 Å². The maximum absolute atomic E-state index is 13.7. The van der Waals surface area contributed by atoms with Crippen LogP contribution in [0.2, 0.25) is 5.02 Å². The number of rotatable bonds is 9. The number of aromatic nitrogens is 2. The zero-order valence-electron chi connectivity index (χ0n) is 23.7. The van der Waals surface area contributed by atoms with Crippen molar-refractivity contribution in [3.05, 3.63) is 44.9 Å². The standard InChI is InChI=1S/C26H33ClN6O7S3/c1-3-4-11-40-26(35)30-42(36,37)16-19-14-32(43(38,39)23-13-17-12-18(27)5-6-20(17)28-23)9-10-33(19)25(34)24-29-21-7-8-31(2)15-22(21)41-24/h5-6,12-13,19,28H,3-4,7-11,14-16H2,1-2H3,(H,30,35). The number of nitrogens with one attached hydrogen (secondary N) is 2. The monoisotopic (exact) mass is 672 g/mol. The lowest BCUT2D eigenvalue weighted by molar-refractivity contribution is 0.0594. The third-order valence-electron chi connectivity index (χ3n) is 7.37. The third-order valence-corrected chi connectivity index (χ3v) is 11.8. The molecule has 0 bridgehead atoms. The van der Waals surface area contributed by atoms with E-state index in [9.17, 15) is 26.4 Å². The Labute approximate surface area is 259 Å². The Morgan fingerprint density at radius 3 is 2.74 bits per heavy atom. The number of amides is 2. The third kappa shape index (κ3) is 7.15. The molecule has 1 fully saturated rings. The molecule has 2 amide bonds. The van der Waals surface area contributed by atoms with Crippen LogP contribution >= 0.6 is 22.9 Å². The summed E-state index contributed by atoms with van der Waals surface area (Å²) >= 11 is 7.32. The first-order chi connectivity index (χ1) is 20.4. The number of carbonyl (C=O) groups excluding carboxylic acids is 2. The van der Waals surface area contributed by atoms with Gasteiger partial charge in [0.1, 0.15) is 5.03 Å². The Hall–Kier alpha value is -2.76. The number of piperazine rings is 1. The minimum Gasteiger partial charge on any atom is -0.449 e. The van der Waals surface area contributed by atoms with Gasteiger partial charge in [-0.2, -0.15) is 4.31 Å². The first-order valence-corrected chi connectivity index (χ1v) is 18.1. The molecule has 0 radical (unpaired) electrons. The van der Waals surface area contributed by atoms with Crippen LogP contribution in [0.1, 0.15) is 40.1 Å². The van der Waals surface area contributed by atoms with Crippen molar-refractivity contribution in [3.63, 3.8) is 0 Å². The van der Waals surface area contributed by atoms with Gasteiger partial charge in [0.15, 0.2) is 5.01 Å². The Bertz CT molecular complexity index is 1740. The zero-order valence-corrected chi connectivity index (χ0v) is 26.9. The van der Waals surface area contributed by atoms with Gasteiger partial charge >= 0.3 is 6.09 Å². The van der Waals surface area contributed by atoms with E-state index in [0.29, 0.717) is 35.3 Å². The fourth-order valence-corrected chi connectivity index (χ4v) is 9.10. The van der Waals surface area contributed by atoms with E-state index < -0.39 is 43.8 Å². The summed E-state index contributed by atoms with van der Waals surface area (Å²) in [5.74, 6) is -1.20. The minimum atomic E-state index is -4.32. The Morgan fingerprint density at radius 1 is 1.19 bits per heavy atom. The van der Waals surface area contributed by atoms with Gasteiger partial charge < -0.3 is 19.5 Å². The summed E-state index contributed by atoms with van der Waals surface area (Å²) in [5, 5.41) is 1.19. The molecule has 13 nitrogen and oxygen atoms in total. The number of thiazole rings is 1. The van der Waals surface area contributed by atoms with E-state index in [1.165, 1.54) is 22.3 Å². The molecule has 1 unspecified atom stereocenters. The van der Waals surface area contributed by atoms with Crippen molar-refractivity contribution < 1.29 is 31.2 Å². The number of hydrogen-bond donors (Lipinski definition) is 2. The second-order valence-corrected chi connectivity index (χ2v) is 15.8. The molecular weight excluding hydrogens is 640 g/mol. The van der Waals surface area contributed by atoms with Crippen molar-refractivity contribution >= 4 is 65.9 Å². The number of benzene rings is 1. The van der Waals surface area contributed by atoms with Gasteiger partial charge in [-0.1, -0.05) is 24.9 Å². The minimum absolute atomic E-state index is 0.0531. The number of sulfonamides is 2. The van der Waals surface area contributed by atoms with Gasteiger partial charge in [0.2, 0.25) is 10.0 Å². The van der Waals surface area contributed by atoms with Crippen molar-refractivity contribution in [1.82, 2.24) is 28.8 Å². The predicted octanol–water partition coefficient (Wildman–Crippen LogP) is 2.64. The summed E-state index contributed by atoms with van der Waals surface area (Å²) < 4.78 is 61.5. The molecule has 1 atom stereocenters. The number of halogens is 1. The molecule has 1 aromatic carbocycles. The first-order valence-electron chi connectivity index (χ1n) is 13.8. The maximum Gasteiger partial charge on any atom is 0.420 e. The zero-order chi connectivity index (χ0) is 30.9. The molecule has 0 spiro atoms. The molecule has 43 heavy (non-hydrogen) atoms. The van der Waals surface area contributed by atoms with E-state index in [0.717, 1.165) is 27.8 Å². The highest BCUT2D eigenvalue weighted by Crippen LogP contribution is 2.29. The molecule has 0 aliphatic carbocycles. The normalized spacial score (nSPS) is 18.5. The van der Waals surface area contributed by atoms with Gasteiger partial charge in [-0.15, -0.1) is 11.3 Å². The largest absolute Gasteiger partial charge is 0.449 e. The van der Waals surface area contributed by atoms with E-state index in [2.05, 4.69) is 14.9 Å². The van der Waals surface area contributed by atoms with E-state index >= 15 is 0 Å². The number of H-pyrrole nitrogens is 1. The highest BCUT2D eigenvalue weighted by molar-refractivity contribution is 7.90. The van der Waals surface area contributed by atoms with Crippen LogP contribution in [-0.4, -0.2) is 105 Å². The lowest BCUT2D eigenvalue weighted by atomic mass is 10.2. The van der Waals surface area contributed by atoms with E-state index in [4.69, 9.17) is 16.3 Å². The highest BCUT2D eigenvalue weighted by Gasteiger charge is 2.40. The van der Waals surface area contributed by atoms with Crippen molar-refractivity contribution in [2.24, 2.45) is 0 Å². The van der Waals surface area contributed by atoms with E-state index in [1.54, 1.807) is 18.2 Å². The molecule has 2 N–H and O–H groups in total. The Morgan fingerprint density at radius 2 is 1.98 bits per heavy atom. The summed E-state index contributed by atoms with van der Waals surface area (Å²) in [5.41, 5.74) is 1.41. The number of aromatic amines is 1. The van der Waals surface area contributed by atoms with Crippen molar-refractivity contribution in [2.75, 3.05) is 45.6 Å². The van der Waals surface area contributed by atoms with Crippen LogP contribution in [-0.2, 0) is 37.7 Å². The topological polar surface area (TPSA) is 162 Å². The SMILES string of the molecule is CCCCOC(=O)NS(=O)(=O)CC1CN(S(=O)(=O)c2cc3cc(Cl)ccc3[nH]2)CCN1C(=O)c1nc2c(s1)CN(C)CC2. The molecule has 3 aromatic rings. The summed E-state index contributed by atoms with van der Waals surface area (Å²) in [6.07, 6.45) is 0.890. The van der Waals surface area contributed by atoms with Gasteiger partial charge in [0.25, 0.3) is 15.9 Å². The van der Waals surface area contributed by atoms with E-state index in [-0.39, 0.29) is 36.3 Å². The van der Waals surface area contributed by atoms with Crippen LogP contribution in [0.5, 0.6) is 0 Å². The second kappa shape index (κ2) is 12.7. The second-order valence-electron chi connectivity index (χ2n) is 10.6. The molecule has 0 saturated carbocycles. The molecule has 17 heteroatoms. The Kier molecular flexibility index (Phi) is 9.34. The number of fused-ring (bicyclic) bond motifs is 2. The maximum atomic E-state index is 13.7. The lowest BCUT2D eigenvalue weighted by Gasteiger charge is -2.40. The Balaban J connectivity index is 1.40. The van der Waals surface area contributed by atoms with Crippen LogP contribution in [0, 0.1) is 0 Å². The number of carbonyl (C=O) groups is 2. The summed E-state index contributed by atoms with van der Waals surface area (Å²) in [4.78, 5) is 37.7. The van der Waals surface area contributed by atoms with Gasteiger partial charge in [-0.25, -0.2) is 31.3 Å². The number of likely N-dealkylation sites (N-methyl/N-ethyl adjacent to an activating group) is 1. The van der Waals surface area contributed by atoms with Crippen molar-refractivity contribution in [2.45, 2.75) is 43.8 Å². The average Bonchev–Trinajstić information content (AvgIpc) is 3.56. The summed E-state index contributed by atoms with van der Waals surface area (Å²) in [6.45, 7) is 2.96. The van der Waals surface area contributed by atoms with Crippen LogP contribution in [0.4, 0.5) is 4.79 Å². The fourth-order valence-electron chi connectivity index (χ4n) is 5.11. The van der Waals surface area contributed by atoms with Gasteiger partial charge in [-0.3, -0.25) is 4.79 Å². The molecule has 234 valence electrons. The van der Waals surface area contributed by atoms with E-state index in [1.807, 2.05) is 18.7 Å². The molecule has 2 aliphatic rings. The molecular formula is C26H33ClN6O7S3. The lowest BCUT2D eigenvalue weighted by Crippen LogP contribution is -2.59. The quantitative estimate of drug-likeness (QED) is 0.326. The fraction of sp³-hybridized carbons (Fsp3) is 0.500. The van der Waals surface area contributed by atoms with Crippen molar-refractivity contribution in [1.29, 1.82) is 0 Å². The molecule has 1 saturated heterocycles. The molecule has 4 heterocycles. The highest BCUT2D eigenvalue weighted by atomic mass is 35.5. The smallest absolute Gasteiger partial charge is 0.420 e. The number of nitrogens with zero attached hydrogens (tertiary/aromatic N) is 4. The average molecular weight is 673 g/mol. The molecule has 2 aromatic heterocycles. The molecule has 5 rings (SSSR count). The first kappa shape index (κ1) is 31.7. The summed E-state index contributed by atoms with van der Waals surface area (Å²) in [7, 11) is -6.46. The molecule has 2 aliphatic heterocycles. The van der Waals surface area contributed by atoms with Crippen LogP contribution in [0.25, 0.3) is 10.9 Å². The van der Waals surface area contributed by atoms with Crippen LogP contribution in [0.3, 0.4) is 0 Å². The number of hydrogen-bond acceptors (Lipinski definition) is 10. The number of unbranched alkanes of at least 4 members (excludes halogenated alkanes) is 1. The van der Waals surface area contributed by atoms with Gasteiger partial charge in [-0.05, 0) is 37.7 Å². The van der Waals surface area contributed by atoms with Crippen LogP contribution in [0.15, 0.2) is 29.3 Å². The predicted molar refractivity (Wildman–Crippen MR) is 162 cm³/mol. The van der Waals surface area contributed by atoms with Crippen LogP contribution < -0.4 is 4.72 Å². The summed E-state index contributed by atoms with van der Waals surface area (Å²) in [6, 6.07) is 5.29. The van der Waals surface area contributed by atoms with Gasteiger partial charge in [0.05, 0.1) is 24.1 Å².